The molecule has 0 bridgehead atoms. The summed E-state index contributed by atoms with van der Waals surface area (Å²) in [6.07, 6.45) is 1.41. The first-order valence-corrected chi connectivity index (χ1v) is 7.86. The SMILES string of the molecule is CCCCS(=O)(=O)N[C@@H](Cc1ccccc1)C(=O)O. The summed E-state index contributed by atoms with van der Waals surface area (Å²) in [4.78, 5) is 11.1. The second-order valence-corrected chi connectivity index (χ2v) is 6.24. The van der Waals surface area contributed by atoms with E-state index in [1.807, 2.05) is 13.0 Å². The molecule has 0 spiro atoms. The Kier molecular flexibility index (Phi) is 5.98. The Morgan fingerprint density at radius 3 is 2.47 bits per heavy atom. The zero-order valence-electron chi connectivity index (χ0n) is 10.9. The van der Waals surface area contributed by atoms with Crippen LogP contribution in [0.15, 0.2) is 30.3 Å². The van der Waals surface area contributed by atoms with Crippen LogP contribution < -0.4 is 4.72 Å². The molecule has 0 aliphatic rings. The molecule has 0 aromatic heterocycles. The number of carboxylic acids is 1. The molecule has 0 saturated heterocycles. The second kappa shape index (κ2) is 7.25. The molecule has 1 aromatic carbocycles. The Balaban J connectivity index is 2.71. The lowest BCUT2D eigenvalue weighted by Crippen LogP contribution is -2.43. The highest BCUT2D eigenvalue weighted by molar-refractivity contribution is 7.89. The molecule has 106 valence electrons. The van der Waals surface area contributed by atoms with E-state index in [-0.39, 0.29) is 12.2 Å². The molecule has 0 heterocycles. The van der Waals surface area contributed by atoms with E-state index in [1.54, 1.807) is 24.3 Å². The molecule has 0 amide bonds. The summed E-state index contributed by atoms with van der Waals surface area (Å²) in [5, 5.41) is 9.10. The van der Waals surface area contributed by atoms with Crippen molar-refractivity contribution >= 4 is 16.0 Å². The third-order valence-electron chi connectivity index (χ3n) is 2.67. The van der Waals surface area contributed by atoms with Gasteiger partial charge in [0.25, 0.3) is 0 Å². The summed E-state index contributed by atoms with van der Waals surface area (Å²) in [5.41, 5.74) is 0.785. The van der Waals surface area contributed by atoms with Crippen molar-refractivity contribution in [2.45, 2.75) is 32.2 Å². The number of aliphatic carboxylic acids is 1. The normalized spacial score (nSPS) is 13.1. The molecule has 5 nitrogen and oxygen atoms in total. The highest BCUT2D eigenvalue weighted by atomic mass is 32.2. The Bertz CT molecular complexity index is 499. The van der Waals surface area contributed by atoms with Crippen LogP contribution in [0.1, 0.15) is 25.3 Å². The highest BCUT2D eigenvalue weighted by Gasteiger charge is 2.23. The van der Waals surface area contributed by atoms with Gasteiger partial charge in [0.2, 0.25) is 10.0 Å². The number of nitrogens with one attached hydrogen (secondary N) is 1. The smallest absolute Gasteiger partial charge is 0.322 e. The molecule has 0 saturated carbocycles. The fourth-order valence-corrected chi connectivity index (χ4v) is 3.04. The van der Waals surface area contributed by atoms with Crippen LogP contribution in [0.25, 0.3) is 0 Å². The number of rotatable bonds is 8. The Morgan fingerprint density at radius 2 is 1.95 bits per heavy atom. The predicted molar refractivity (Wildman–Crippen MR) is 73.4 cm³/mol. The third kappa shape index (κ3) is 5.85. The van der Waals surface area contributed by atoms with Gasteiger partial charge in [-0.2, -0.15) is 0 Å². The van der Waals surface area contributed by atoms with Gasteiger partial charge >= 0.3 is 5.97 Å². The van der Waals surface area contributed by atoms with Crippen molar-refractivity contribution in [2.24, 2.45) is 0 Å². The Hall–Kier alpha value is -1.40. The zero-order valence-corrected chi connectivity index (χ0v) is 11.7. The topological polar surface area (TPSA) is 83.5 Å². The van der Waals surface area contributed by atoms with Gasteiger partial charge in [0.1, 0.15) is 6.04 Å². The standard InChI is InChI=1S/C13H19NO4S/c1-2-3-9-19(17,18)14-12(13(15)16)10-11-7-5-4-6-8-11/h4-8,12,14H,2-3,9-10H2,1H3,(H,15,16)/t12-/m0/s1. The van der Waals surface area contributed by atoms with E-state index < -0.39 is 22.0 Å². The average Bonchev–Trinajstić information content (AvgIpc) is 2.36. The molecule has 1 rings (SSSR count). The van der Waals surface area contributed by atoms with Gasteiger partial charge in [-0.15, -0.1) is 0 Å². The van der Waals surface area contributed by atoms with Crippen LogP contribution in [0.4, 0.5) is 0 Å². The molecule has 0 radical (unpaired) electrons. The minimum Gasteiger partial charge on any atom is -0.480 e. The van der Waals surface area contributed by atoms with E-state index in [0.29, 0.717) is 6.42 Å². The summed E-state index contributed by atoms with van der Waals surface area (Å²) in [5.74, 6) is -1.20. The lowest BCUT2D eigenvalue weighted by Gasteiger charge is -2.14. The van der Waals surface area contributed by atoms with E-state index in [2.05, 4.69) is 4.72 Å². The largest absolute Gasteiger partial charge is 0.480 e. The molecular formula is C13H19NO4S. The lowest BCUT2D eigenvalue weighted by molar-refractivity contribution is -0.138. The van der Waals surface area contributed by atoms with Crippen molar-refractivity contribution in [3.8, 4) is 0 Å². The van der Waals surface area contributed by atoms with E-state index in [0.717, 1.165) is 12.0 Å². The van der Waals surface area contributed by atoms with Crippen molar-refractivity contribution in [1.82, 2.24) is 4.72 Å². The van der Waals surface area contributed by atoms with Crippen LogP contribution in [0, 0.1) is 0 Å². The summed E-state index contributed by atoms with van der Waals surface area (Å²) >= 11 is 0. The fourth-order valence-electron chi connectivity index (χ4n) is 1.64. The molecule has 0 fully saturated rings. The Morgan fingerprint density at radius 1 is 1.32 bits per heavy atom. The summed E-state index contributed by atoms with van der Waals surface area (Å²) in [6.45, 7) is 1.88. The number of hydrogen-bond donors (Lipinski definition) is 2. The number of unbranched alkanes of at least 4 members (excludes halogenated alkanes) is 1. The van der Waals surface area contributed by atoms with Crippen LogP contribution >= 0.6 is 0 Å². The number of sulfonamides is 1. The highest BCUT2D eigenvalue weighted by Crippen LogP contribution is 2.05. The van der Waals surface area contributed by atoms with Gasteiger partial charge in [-0.1, -0.05) is 43.7 Å². The Labute approximate surface area is 113 Å². The van der Waals surface area contributed by atoms with E-state index in [1.165, 1.54) is 0 Å². The van der Waals surface area contributed by atoms with Gasteiger partial charge < -0.3 is 5.11 Å². The number of benzene rings is 1. The van der Waals surface area contributed by atoms with Gasteiger partial charge in [-0.3, -0.25) is 4.79 Å². The van der Waals surface area contributed by atoms with Crippen LogP contribution in [0.2, 0.25) is 0 Å². The lowest BCUT2D eigenvalue weighted by atomic mass is 10.1. The van der Waals surface area contributed by atoms with Gasteiger partial charge in [0.15, 0.2) is 0 Å². The predicted octanol–water partition coefficient (Wildman–Crippen LogP) is 1.40. The maximum absolute atomic E-state index is 11.7. The molecule has 1 aromatic rings. The molecule has 19 heavy (non-hydrogen) atoms. The van der Waals surface area contributed by atoms with Crippen molar-refractivity contribution in [2.75, 3.05) is 5.75 Å². The van der Waals surface area contributed by atoms with E-state index in [9.17, 15) is 13.2 Å². The number of hydrogen-bond acceptors (Lipinski definition) is 3. The first-order chi connectivity index (χ1) is 8.94. The zero-order chi connectivity index (χ0) is 14.3. The van der Waals surface area contributed by atoms with Crippen LogP contribution in [-0.4, -0.2) is 31.3 Å². The maximum Gasteiger partial charge on any atom is 0.322 e. The average molecular weight is 285 g/mol. The third-order valence-corrected chi connectivity index (χ3v) is 4.14. The van der Waals surface area contributed by atoms with Crippen LogP contribution in [0.3, 0.4) is 0 Å². The molecule has 1 atom stereocenters. The van der Waals surface area contributed by atoms with Crippen molar-refractivity contribution in [3.63, 3.8) is 0 Å². The van der Waals surface area contributed by atoms with E-state index >= 15 is 0 Å². The van der Waals surface area contributed by atoms with Crippen molar-refractivity contribution in [1.29, 1.82) is 0 Å². The van der Waals surface area contributed by atoms with Crippen LogP contribution in [-0.2, 0) is 21.2 Å². The minimum atomic E-state index is -3.54. The van der Waals surface area contributed by atoms with Crippen LogP contribution in [0.5, 0.6) is 0 Å². The summed E-state index contributed by atoms with van der Waals surface area (Å²) < 4.78 is 25.7. The molecule has 0 unspecified atom stereocenters. The molecule has 0 aliphatic heterocycles. The number of carboxylic acid groups (broad SMARTS) is 1. The van der Waals surface area contributed by atoms with Gasteiger partial charge in [-0.05, 0) is 18.4 Å². The first-order valence-electron chi connectivity index (χ1n) is 6.21. The quantitative estimate of drug-likeness (QED) is 0.756. The fraction of sp³-hybridized carbons (Fsp3) is 0.462. The minimum absolute atomic E-state index is 0.0396. The van der Waals surface area contributed by atoms with Gasteiger partial charge in [0, 0.05) is 0 Å². The summed E-state index contributed by atoms with van der Waals surface area (Å²) in [6, 6.07) is 7.83. The summed E-state index contributed by atoms with van der Waals surface area (Å²) in [7, 11) is -3.54. The molecular weight excluding hydrogens is 266 g/mol. The first kappa shape index (κ1) is 15.7. The van der Waals surface area contributed by atoms with Gasteiger partial charge in [0.05, 0.1) is 5.75 Å². The molecule has 2 N–H and O–H groups in total. The van der Waals surface area contributed by atoms with Crippen molar-refractivity contribution < 1.29 is 18.3 Å². The van der Waals surface area contributed by atoms with Gasteiger partial charge in [-0.25, -0.2) is 13.1 Å². The molecule has 0 aliphatic carbocycles. The molecule has 6 heteroatoms. The monoisotopic (exact) mass is 285 g/mol. The van der Waals surface area contributed by atoms with Crippen molar-refractivity contribution in [3.05, 3.63) is 35.9 Å². The maximum atomic E-state index is 11.7. The van der Waals surface area contributed by atoms with E-state index in [4.69, 9.17) is 5.11 Å². The second-order valence-electron chi connectivity index (χ2n) is 4.37. The number of carbonyl (C=O) groups is 1.